The Labute approximate surface area is 155 Å². The van der Waals surface area contributed by atoms with E-state index in [9.17, 15) is 4.79 Å². The minimum Gasteiger partial charge on any atom is -0.371 e. The smallest absolute Gasteiger partial charge is 0.252 e. The molecule has 6 heteroatoms. The van der Waals surface area contributed by atoms with Gasteiger partial charge in [-0.2, -0.15) is 0 Å². The van der Waals surface area contributed by atoms with Gasteiger partial charge in [-0.1, -0.05) is 17.7 Å². The maximum Gasteiger partial charge on any atom is 0.252 e. The number of ether oxygens (including phenoxy) is 1. The zero-order valence-electron chi connectivity index (χ0n) is 15.4. The van der Waals surface area contributed by atoms with Gasteiger partial charge in [0.05, 0.1) is 6.61 Å². The van der Waals surface area contributed by atoms with Gasteiger partial charge in [-0.3, -0.25) is 9.69 Å². The SMILES string of the molecule is Cc1ccc(N2CCC(N3CCOC(C(=O)N(C)C)C3)CC2)cc1Cl. The number of aryl methyl sites for hydroxylation is 1. The number of hydrogen-bond acceptors (Lipinski definition) is 4. The van der Waals surface area contributed by atoms with Crippen molar-refractivity contribution in [2.24, 2.45) is 0 Å². The summed E-state index contributed by atoms with van der Waals surface area (Å²) in [6.45, 7) is 6.33. The minimum atomic E-state index is -0.322. The van der Waals surface area contributed by atoms with Crippen LogP contribution in [0.15, 0.2) is 18.2 Å². The Morgan fingerprint density at radius 1 is 1.24 bits per heavy atom. The number of nitrogens with zero attached hydrogens (tertiary/aromatic N) is 3. The summed E-state index contributed by atoms with van der Waals surface area (Å²) in [7, 11) is 3.58. The van der Waals surface area contributed by atoms with Crippen LogP contribution in [0.2, 0.25) is 5.02 Å². The van der Waals surface area contributed by atoms with Gasteiger partial charge in [0.25, 0.3) is 5.91 Å². The first-order valence-corrected chi connectivity index (χ1v) is 9.41. The summed E-state index contributed by atoms with van der Waals surface area (Å²) in [6.07, 6.45) is 1.89. The molecule has 2 saturated heterocycles. The number of rotatable bonds is 3. The molecular weight excluding hydrogens is 338 g/mol. The number of carbonyl (C=O) groups excluding carboxylic acids is 1. The van der Waals surface area contributed by atoms with Crippen LogP contribution in [0.1, 0.15) is 18.4 Å². The van der Waals surface area contributed by atoms with Crippen LogP contribution in [0, 0.1) is 6.92 Å². The van der Waals surface area contributed by atoms with E-state index in [1.54, 1.807) is 19.0 Å². The molecule has 2 aliphatic heterocycles. The van der Waals surface area contributed by atoms with Crippen molar-refractivity contribution in [2.45, 2.75) is 31.9 Å². The molecule has 0 aromatic heterocycles. The summed E-state index contributed by atoms with van der Waals surface area (Å²) < 4.78 is 5.68. The maximum absolute atomic E-state index is 12.2. The Balaban J connectivity index is 1.56. The van der Waals surface area contributed by atoms with E-state index in [-0.39, 0.29) is 12.0 Å². The fourth-order valence-corrected chi connectivity index (χ4v) is 3.88. The van der Waals surface area contributed by atoms with Crippen LogP contribution >= 0.6 is 11.6 Å². The number of likely N-dealkylation sites (N-methyl/N-ethyl adjacent to an activating group) is 1. The molecule has 1 atom stereocenters. The monoisotopic (exact) mass is 365 g/mol. The van der Waals surface area contributed by atoms with Crippen molar-refractivity contribution < 1.29 is 9.53 Å². The molecule has 0 aliphatic carbocycles. The predicted octanol–water partition coefficient (Wildman–Crippen LogP) is 2.41. The molecule has 0 saturated carbocycles. The summed E-state index contributed by atoms with van der Waals surface area (Å²) in [6, 6.07) is 6.83. The van der Waals surface area contributed by atoms with Crippen molar-refractivity contribution in [1.29, 1.82) is 0 Å². The molecule has 3 rings (SSSR count). The summed E-state index contributed by atoms with van der Waals surface area (Å²) in [5, 5.41) is 0.831. The van der Waals surface area contributed by atoms with Crippen LogP contribution < -0.4 is 4.90 Å². The third-order valence-electron chi connectivity index (χ3n) is 5.32. The fourth-order valence-electron chi connectivity index (χ4n) is 3.71. The lowest BCUT2D eigenvalue weighted by molar-refractivity contribution is -0.148. The average Bonchev–Trinajstić information content (AvgIpc) is 2.63. The number of piperidine rings is 1. The van der Waals surface area contributed by atoms with E-state index in [4.69, 9.17) is 16.3 Å². The van der Waals surface area contributed by atoms with Gasteiger partial charge in [0.15, 0.2) is 0 Å². The first-order chi connectivity index (χ1) is 12.0. The molecule has 1 unspecified atom stereocenters. The second-order valence-corrected chi connectivity index (χ2v) is 7.65. The van der Waals surface area contributed by atoms with Gasteiger partial charge in [-0.15, -0.1) is 0 Å². The topological polar surface area (TPSA) is 36.0 Å². The van der Waals surface area contributed by atoms with E-state index in [0.717, 1.165) is 43.1 Å². The van der Waals surface area contributed by atoms with E-state index in [0.29, 0.717) is 19.2 Å². The van der Waals surface area contributed by atoms with Gasteiger partial charge in [-0.05, 0) is 37.5 Å². The van der Waals surface area contributed by atoms with Crippen LogP contribution in [-0.4, -0.2) is 74.7 Å². The van der Waals surface area contributed by atoms with Crippen molar-refractivity contribution in [1.82, 2.24) is 9.80 Å². The predicted molar refractivity (Wildman–Crippen MR) is 101 cm³/mol. The number of anilines is 1. The number of carbonyl (C=O) groups is 1. The average molecular weight is 366 g/mol. The molecule has 0 bridgehead atoms. The number of halogens is 1. The zero-order valence-corrected chi connectivity index (χ0v) is 16.1. The van der Waals surface area contributed by atoms with Crippen molar-refractivity contribution in [3.63, 3.8) is 0 Å². The van der Waals surface area contributed by atoms with Crippen LogP contribution in [0.4, 0.5) is 5.69 Å². The molecule has 25 heavy (non-hydrogen) atoms. The van der Waals surface area contributed by atoms with Crippen LogP contribution in [0.3, 0.4) is 0 Å². The summed E-state index contributed by atoms with van der Waals surface area (Å²) >= 11 is 6.27. The lowest BCUT2D eigenvalue weighted by atomic mass is 10.0. The van der Waals surface area contributed by atoms with E-state index < -0.39 is 0 Å². The van der Waals surface area contributed by atoms with Crippen molar-refractivity contribution in [3.05, 3.63) is 28.8 Å². The standard InChI is InChI=1S/C19H28ClN3O2/c1-14-4-5-16(12-17(14)20)22-8-6-15(7-9-22)23-10-11-25-18(13-23)19(24)21(2)3/h4-5,12,15,18H,6-11,13H2,1-3H3. The quantitative estimate of drug-likeness (QED) is 0.824. The Bertz CT molecular complexity index is 615. The van der Waals surface area contributed by atoms with E-state index in [1.165, 1.54) is 5.69 Å². The Morgan fingerprint density at radius 2 is 1.96 bits per heavy atom. The highest BCUT2D eigenvalue weighted by Crippen LogP contribution is 2.27. The van der Waals surface area contributed by atoms with E-state index in [2.05, 4.69) is 28.0 Å². The molecule has 1 aromatic rings. The zero-order chi connectivity index (χ0) is 18.0. The lowest BCUT2D eigenvalue weighted by Gasteiger charge is -2.42. The molecule has 2 aliphatic rings. The third-order valence-corrected chi connectivity index (χ3v) is 5.72. The van der Waals surface area contributed by atoms with E-state index >= 15 is 0 Å². The second kappa shape index (κ2) is 7.94. The summed E-state index contributed by atoms with van der Waals surface area (Å²) in [4.78, 5) is 18.6. The number of morpholine rings is 1. The van der Waals surface area contributed by atoms with Crippen LogP contribution in [0.5, 0.6) is 0 Å². The second-order valence-electron chi connectivity index (χ2n) is 7.24. The minimum absolute atomic E-state index is 0.0661. The first-order valence-electron chi connectivity index (χ1n) is 9.03. The van der Waals surface area contributed by atoms with Gasteiger partial charge >= 0.3 is 0 Å². The first kappa shape index (κ1) is 18.5. The highest BCUT2D eigenvalue weighted by molar-refractivity contribution is 6.31. The number of benzene rings is 1. The summed E-state index contributed by atoms with van der Waals surface area (Å²) in [5.74, 6) is 0.0661. The Kier molecular flexibility index (Phi) is 5.87. The molecule has 138 valence electrons. The molecule has 2 heterocycles. The molecule has 2 fully saturated rings. The van der Waals surface area contributed by atoms with Crippen molar-refractivity contribution >= 4 is 23.2 Å². The summed E-state index contributed by atoms with van der Waals surface area (Å²) in [5.41, 5.74) is 2.32. The maximum atomic E-state index is 12.2. The van der Waals surface area contributed by atoms with Crippen molar-refractivity contribution in [3.8, 4) is 0 Å². The van der Waals surface area contributed by atoms with E-state index in [1.807, 2.05) is 6.92 Å². The van der Waals surface area contributed by atoms with Gasteiger partial charge < -0.3 is 14.5 Å². The molecule has 0 N–H and O–H groups in total. The molecule has 1 amide bonds. The molecule has 1 aromatic carbocycles. The largest absolute Gasteiger partial charge is 0.371 e. The molecule has 0 radical (unpaired) electrons. The lowest BCUT2D eigenvalue weighted by Crippen LogP contribution is -2.54. The Morgan fingerprint density at radius 3 is 2.60 bits per heavy atom. The fraction of sp³-hybridized carbons (Fsp3) is 0.632. The highest BCUT2D eigenvalue weighted by atomic mass is 35.5. The van der Waals surface area contributed by atoms with Crippen molar-refractivity contribution in [2.75, 3.05) is 51.8 Å². The van der Waals surface area contributed by atoms with Gasteiger partial charge in [-0.25, -0.2) is 0 Å². The molecule has 5 nitrogen and oxygen atoms in total. The molecule has 0 spiro atoms. The number of amides is 1. The van der Waals surface area contributed by atoms with Gasteiger partial charge in [0.2, 0.25) is 0 Å². The van der Waals surface area contributed by atoms with Crippen LogP contribution in [-0.2, 0) is 9.53 Å². The third kappa shape index (κ3) is 4.27. The highest BCUT2D eigenvalue weighted by Gasteiger charge is 2.33. The van der Waals surface area contributed by atoms with Gasteiger partial charge in [0, 0.05) is 57.0 Å². The molecular formula is C19H28ClN3O2. The van der Waals surface area contributed by atoms with Crippen LogP contribution in [0.25, 0.3) is 0 Å². The number of hydrogen-bond donors (Lipinski definition) is 0. The normalized spacial score (nSPS) is 22.9. The van der Waals surface area contributed by atoms with Gasteiger partial charge in [0.1, 0.15) is 6.10 Å². The Hall–Kier alpha value is -1.30.